The van der Waals surface area contributed by atoms with E-state index in [0.717, 1.165) is 0 Å². The monoisotopic (exact) mass is 992 g/mol. The van der Waals surface area contributed by atoms with Gasteiger partial charge < -0.3 is 9.52 Å². The predicted octanol–water partition coefficient (Wildman–Crippen LogP) is 5.88. The topological polar surface area (TPSA) is 70.3 Å². The smallest absolute Gasteiger partial charge is 0.871 e. The van der Waals surface area contributed by atoms with Crippen molar-refractivity contribution < 1.29 is 43.9 Å². The molecule has 4 nitrogen and oxygen atoms in total. The summed E-state index contributed by atoms with van der Waals surface area (Å²) in [5.74, 6) is -0.340. The number of carbonyl (C=O) groups is 1. The number of benzene rings is 3. The third-order valence-electron chi connectivity index (χ3n) is 4.87. The Labute approximate surface area is 290 Å². The Morgan fingerprint density at radius 1 is 0.882 bits per heavy atom. The van der Waals surface area contributed by atoms with Crippen LogP contribution >= 0.6 is 137 Å². The fraction of sp³-hybridized carbons (Fsp3) is 0.0476. The van der Waals surface area contributed by atoms with Crippen LogP contribution in [0, 0.1) is 14.3 Å². The molecular formula is C21H5Cl4I4NaO4. The van der Waals surface area contributed by atoms with Crippen molar-refractivity contribution in [3.05, 3.63) is 62.3 Å². The first-order chi connectivity index (χ1) is 15.4. The Hall–Kier alpha value is 1.68. The van der Waals surface area contributed by atoms with E-state index in [1.807, 2.05) is 90.4 Å². The molecule has 1 aliphatic heterocycles. The van der Waals surface area contributed by atoms with Crippen LogP contribution in [0.5, 0.6) is 5.75 Å². The van der Waals surface area contributed by atoms with Crippen molar-refractivity contribution in [3.63, 3.8) is 0 Å². The first kappa shape index (κ1) is 30.2. The van der Waals surface area contributed by atoms with Gasteiger partial charge in [0.25, 0.3) is 0 Å². The second-order valence-electron chi connectivity index (χ2n) is 6.80. The Kier molecular flexibility index (Phi) is 10.2. The summed E-state index contributed by atoms with van der Waals surface area (Å²) in [5.41, 5.74) is 1.36. The van der Waals surface area contributed by atoms with Crippen LogP contribution in [0.4, 0.5) is 0 Å². The van der Waals surface area contributed by atoms with Crippen molar-refractivity contribution in [2.24, 2.45) is 0 Å². The van der Waals surface area contributed by atoms with Crippen LogP contribution < -0.4 is 40.1 Å². The van der Waals surface area contributed by atoms with Crippen molar-refractivity contribution in [3.8, 4) is 28.2 Å². The molecule has 0 atom stereocenters. The van der Waals surface area contributed by atoms with Crippen molar-refractivity contribution in [2.45, 2.75) is 6.92 Å². The van der Waals surface area contributed by atoms with Gasteiger partial charge in [0.15, 0.2) is 11.5 Å². The van der Waals surface area contributed by atoms with Gasteiger partial charge in [0, 0.05) is 34.8 Å². The fourth-order valence-corrected chi connectivity index (χ4v) is 8.11. The second-order valence-corrected chi connectivity index (χ2v) is 12.8. The summed E-state index contributed by atoms with van der Waals surface area (Å²) >= 11 is 33.5. The van der Waals surface area contributed by atoms with E-state index in [-0.39, 0.29) is 89.1 Å². The number of hydrogen-bond donors (Lipinski definition) is 0. The van der Waals surface area contributed by atoms with Crippen molar-refractivity contribution in [1.29, 1.82) is 0 Å². The largest absolute Gasteiger partial charge is 1.00 e. The van der Waals surface area contributed by atoms with Crippen LogP contribution in [0.2, 0.25) is 20.1 Å². The van der Waals surface area contributed by atoms with Gasteiger partial charge in [0.05, 0.1) is 23.7 Å². The van der Waals surface area contributed by atoms with Gasteiger partial charge in [-0.1, -0.05) is 52.2 Å². The standard InChI is InChI=1S/C21H6Cl4I4O4.Na/c1-4(30)9-11(13(23)15(25)14(24)12(9)22)10-5-2-7(26)18(31)16(28)20(5)33-21-6(10)3-8(27)19(32)17(21)29;/h2-3,31H,1H3;/q;+1/p-1. The summed E-state index contributed by atoms with van der Waals surface area (Å²) in [7, 11) is 0. The Morgan fingerprint density at radius 2 is 1.47 bits per heavy atom. The molecule has 2 aliphatic rings. The molecule has 0 radical (unpaired) electrons. The van der Waals surface area contributed by atoms with E-state index in [1.54, 1.807) is 12.1 Å². The maximum absolute atomic E-state index is 12.8. The van der Waals surface area contributed by atoms with Crippen molar-refractivity contribution in [2.75, 3.05) is 0 Å². The Bertz CT molecular complexity index is 1570. The summed E-state index contributed by atoms with van der Waals surface area (Å²) in [4.78, 5) is 25.4. The SMILES string of the molecule is CC(=O)c1c(Cl)c(Cl)c(Cl)c(Cl)c1-c1c2cc(I)c(=O)c(I)c-2oc2c(I)c([O-])c(I)cc12.[Na+]. The molecule has 0 aromatic heterocycles. The molecule has 170 valence electrons. The molecule has 13 heteroatoms. The molecule has 0 amide bonds. The first-order valence-corrected chi connectivity index (χ1v) is 14.5. The van der Waals surface area contributed by atoms with E-state index < -0.39 is 0 Å². The van der Waals surface area contributed by atoms with E-state index in [4.69, 9.17) is 50.8 Å². The zero-order chi connectivity index (χ0) is 24.5. The van der Waals surface area contributed by atoms with Gasteiger partial charge in [-0.3, -0.25) is 9.59 Å². The van der Waals surface area contributed by atoms with Crippen LogP contribution in [-0.2, 0) is 0 Å². The van der Waals surface area contributed by atoms with Gasteiger partial charge in [0.1, 0.15) is 9.15 Å². The molecule has 34 heavy (non-hydrogen) atoms. The van der Waals surface area contributed by atoms with Crippen LogP contribution in [-0.4, -0.2) is 5.78 Å². The molecule has 0 N–H and O–H groups in total. The summed E-state index contributed by atoms with van der Waals surface area (Å²) < 4.78 is 7.66. The summed E-state index contributed by atoms with van der Waals surface area (Å²) in [6.07, 6.45) is 0. The molecule has 1 aliphatic carbocycles. The Morgan fingerprint density at radius 3 is 2.06 bits per heavy atom. The summed E-state index contributed by atoms with van der Waals surface area (Å²) in [6, 6.07) is 3.31. The maximum Gasteiger partial charge on any atom is 1.00 e. The van der Waals surface area contributed by atoms with Crippen molar-refractivity contribution in [1.82, 2.24) is 0 Å². The number of rotatable bonds is 2. The normalized spacial score (nSPS) is 11.2. The van der Waals surface area contributed by atoms with Crippen molar-refractivity contribution >= 4 is 154 Å². The van der Waals surface area contributed by atoms with Gasteiger partial charge in [-0.2, -0.15) is 0 Å². The number of carbonyl (C=O) groups excluding carboxylic acids is 1. The molecule has 0 saturated heterocycles. The molecule has 1 heterocycles. The molecule has 0 saturated carbocycles. The quantitative estimate of drug-likeness (QED) is 0.0630. The maximum atomic E-state index is 12.8. The summed E-state index contributed by atoms with van der Waals surface area (Å²) in [5, 5.41) is 13.1. The fourth-order valence-electron chi connectivity index (χ4n) is 3.45. The number of ketones is 1. The van der Waals surface area contributed by atoms with Gasteiger partial charge in [-0.15, -0.1) is 0 Å². The molecular weight excluding hydrogens is 989 g/mol. The number of fused-ring (bicyclic) bond motifs is 2. The second kappa shape index (κ2) is 11.4. The average molecular weight is 994 g/mol. The van der Waals surface area contributed by atoms with Gasteiger partial charge in [-0.05, 0) is 109 Å². The predicted molar refractivity (Wildman–Crippen MR) is 165 cm³/mol. The third-order valence-corrected chi connectivity index (χ3v) is 10.2. The molecule has 0 unspecified atom stereocenters. The van der Waals surface area contributed by atoms with Gasteiger partial charge in [-0.25, -0.2) is 0 Å². The van der Waals surface area contributed by atoms with E-state index >= 15 is 0 Å². The van der Waals surface area contributed by atoms with E-state index in [1.165, 1.54) is 6.92 Å². The summed E-state index contributed by atoms with van der Waals surface area (Å²) in [6.45, 7) is 1.34. The number of halogens is 8. The zero-order valence-corrected chi connectivity index (χ0v) is 30.5. The molecule has 2 aromatic rings. The average Bonchev–Trinajstić information content (AvgIpc) is 2.76. The molecule has 0 spiro atoms. The van der Waals surface area contributed by atoms with E-state index in [0.29, 0.717) is 30.8 Å². The molecule has 0 fully saturated rings. The van der Waals surface area contributed by atoms with Crippen LogP contribution in [0.3, 0.4) is 0 Å². The zero-order valence-electron chi connectivity index (χ0n) is 16.8. The minimum atomic E-state index is -0.382. The first-order valence-electron chi connectivity index (χ1n) is 8.69. The van der Waals surface area contributed by atoms with Crippen LogP contribution in [0.1, 0.15) is 17.3 Å². The van der Waals surface area contributed by atoms with Crippen LogP contribution in [0.25, 0.3) is 33.4 Å². The molecule has 2 aromatic carbocycles. The molecule has 4 rings (SSSR count). The number of hydrogen-bond acceptors (Lipinski definition) is 4. The number of Topliss-reactive ketones (excluding diaryl/α,β-unsaturated/α-hetero) is 1. The Balaban J connectivity index is 0.00000324. The molecule has 0 bridgehead atoms. The van der Waals surface area contributed by atoms with E-state index in [9.17, 15) is 14.7 Å². The third kappa shape index (κ3) is 4.90. The van der Waals surface area contributed by atoms with Gasteiger partial charge in [0.2, 0.25) is 5.43 Å². The van der Waals surface area contributed by atoms with Crippen LogP contribution in [0.15, 0.2) is 21.3 Å². The minimum Gasteiger partial charge on any atom is -0.871 e. The minimum absolute atomic E-state index is 0. The van der Waals surface area contributed by atoms with E-state index in [2.05, 4.69) is 0 Å². The van der Waals surface area contributed by atoms with Gasteiger partial charge >= 0.3 is 29.6 Å².